The van der Waals surface area contributed by atoms with Crippen molar-refractivity contribution in [1.82, 2.24) is 14.5 Å². The summed E-state index contributed by atoms with van der Waals surface area (Å²) >= 11 is 11.3. The molecule has 0 radical (unpaired) electrons. The smallest absolute Gasteiger partial charge is 0.178 e. The second kappa shape index (κ2) is 5.38. The molecule has 3 rings (SSSR count). The Bertz CT molecular complexity index is 728. The maximum Gasteiger partial charge on any atom is 0.178 e. The third-order valence-corrected chi connectivity index (χ3v) is 5.36. The van der Waals surface area contributed by atoms with E-state index in [2.05, 4.69) is 24.0 Å². The number of imidazole rings is 1. The summed E-state index contributed by atoms with van der Waals surface area (Å²) in [5.41, 5.74) is 1.68. The van der Waals surface area contributed by atoms with Gasteiger partial charge in [0.25, 0.3) is 0 Å². The summed E-state index contributed by atoms with van der Waals surface area (Å²) in [6.07, 6.45) is 4.75. The summed E-state index contributed by atoms with van der Waals surface area (Å²) in [4.78, 5) is 5.42. The van der Waals surface area contributed by atoms with E-state index >= 15 is 0 Å². The SMILES string of the molecule is CN(C)C1(Cn2c(=S)[nH]c3cc(Cl)c(F)cc32)CCCC1. The Morgan fingerprint density at radius 1 is 1.38 bits per heavy atom. The highest BCUT2D eigenvalue weighted by molar-refractivity contribution is 7.71. The number of fused-ring (bicyclic) bond motifs is 1. The highest BCUT2D eigenvalue weighted by atomic mass is 35.5. The van der Waals surface area contributed by atoms with Crippen LogP contribution in [0.15, 0.2) is 12.1 Å². The van der Waals surface area contributed by atoms with E-state index in [4.69, 9.17) is 23.8 Å². The van der Waals surface area contributed by atoms with Gasteiger partial charge in [-0.1, -0.05) is 24.4 Å². The average Bonchev–Trinajstić information content (AvgIpc) is 2.99. The predicted octanol–water partition coefficient (Wildman–Crippen LogP) is 4.37. The quantitative estimate of drug-likeness (QED) is 0.847. The minimum Gasteiger partial charge on any atom is -0.331 e. The van der Waals surface area contributed by atoms with Gasteiger partial charge in [-0.2, -0.15) is 0 Å². The number of hydrogen-bond donors (Lipinski definition) is 1. The maximum atomic E-state index is 13.8. The molecule has 1 aromatic carbocycles. The van der Waals surface area contributed by atoms with E-state index in [1.807, 2.05) is 4.57 Å². The zero-order valence-corrected chi connectivity index (χ0v) is 13.8. The van der Waals surface area contributed by atoms with Gasteiger partial charge in [0.2, 0.25) is 0 Å². The highest BCUT2D eigenvalue weighted by Gasteiger charge is 2.36. The Balaban J connectivity index is 2.10. The molecule has 0 aliphatic heterocycles. The maximum absolute atomic E-state index is 13.8. The molecule has 21 heavy (non-hydrogen) atoms. The number of benzene rings is 1. The molecular weight excluding hydrogens is 309 g/mol. The number of nitrogens with one attached hydrogen (secondary N) is 1. The van der Waals surface area contributed by atoms with Gasteiger partial charge in [-0.15, -0.1) is 0 Å². The molecule has 0 bridgehead atoms. The second-order valence-corrected chi connectivity index (χ2v) is 6.92. The third-order valence-electron chi connectivity index (χ3n) is 4.75. The number of nitrogens with zero attached hydrogens (tertiary/aromatic N) is 2. The van der Waals surface area contributed by atoms with E-state index in [9.17, 15) is 4.39 Å². The minimum absolute atomic E-state index is 0.101. The standard InChI is InChI=1S/C15H19ClFN3S/c1-19(2)15(5-3-4-6-15)9-20-13-8-11(17)10(16)7-12(13)18-14(20)21/h7-8H,3-6,9H2,1-2H3,(H,18,21). The van der Waals surface area contributed by atoms with Crippen molar-refractivity contribution in [3.05, 3.63) is 27.7 Å². The van der Waals surface area contributed by atoms with Gasteiger partial charge in [0.15, 0.2) is 4.77 Å². The molecule has 1 saturated carbocycles. The van der Waals surface area contributed by atoms with E-state index in [-0.39, 0.29) is 10.6 Å². The molecule has 1 N–H and O–H groups in total. The van der Waals surface area contributed by atoms with Crippen molar-refractivity contribution in [1.29, 1.82) is 0 Å². The van der Waals surface area contributed by atoms with Crippen molar-refractivity contribution in [3.63, 3.8) is 0 Å². The number of rotatable bonds is 3. The van der Waals surface area contributed by atoms with Crippen molar-refractivity contribution >= 4 is 34.9 Å². The first-order valence-corrected chi connectivity index (χ1v) is 7.97. The molecule has 6 heteroatoms. The molecule has 0 unspecified atom stereocenters. The molecule has 0 saturated heterocycles. The third kappa shape index (κ3) is 2.51. The largest absolute Gasteiger partial charge is 0.331 e. The Morgan fingerprint density at radius 2 is 2.05 bits per heavy atom. The van der Waals surface area contributed by atoms with Crippen molar-refractivity contribution in [2.24, 2.45) is 0 Å². The summed E-state index contributed by atoms with van der Waals surface area (Å²) in [6, 6.07) is 3.08. The minimum atomic E-state index is -0.405. The van der Waals surface area contributed by atoms with Crippen molar-refractivity contribution in [3.8, 4) is 0 Å². The van der Waals surface area contributed by atoms with Gasteiger partial charge >= 0.3 is 0 Å². The fourth-order valence-corrected chi connectivity index (χ4v) is 3.82. The van der Waals surface area contributed by atoms with E-state index in [1.54, 1.807) is 6.07 Å². The van der Waals surface area contributed by atoms with Crippen molar-refractivity contribution in [2.75, 3.05) is 14.1 Å². The molecule has 3 nitrogen and oxygen atoms in total. The lowest BCUT2D eigenvalue weighted by atomic mass is 9.96. The molecular formula is C15H19ClFN3S. The highest BCUT2D eigenvalue weighted by Crippen LogP contribution is 2.36. The molecule has 1 heterocycles. The molecule has 1 aliphatic carbocycles. The summed E-state index contributed by atoms with van der Waals surface area (Å²) in [7, 11) is 4.22. The second-order valence-electron chi connectivity index (χ2n) is 6.13. The number of aromatic nitrogens is 2. The zero-order chi connectivity index (χ0) is 15.2. The lowest BCUT2D eigenvalue weighted by Gasteiger charge is -2.36. The summed E-state index contributed by atoms with van der Waals surface area (Å²) in [5.74, 6) is -0.405. The normalized spacial score (nSPS) is 18.0. The van der Waals surface area contributed by atoms with Crippen LogP contribution in [0.5, 0.6) is 0 Å². The van der Waals surface area contributed by atoms with Gasteiger partial charge in [-0.25, -0.2) is 4.39 Å². The van der Waals surface area contributed by atoms with Crippen LogP contribution in [0.1, 0.15) is 25.7 Å². The van der Waals surface area contributed by atoms with Crippen LogP contribution in [-0.2, 0) is 6.54 Å². The van der Waals surface area contributed by atoms with Crippen LogP contribution < -0.4 is 0 Å². The fourth-order valence-electron chi connectivity index (χ4n) is 3.38. The van der Waals surface area contributed by atoms with E-state index in [1.165, 1.54) is 18.9 Å². The Morgan fingerprint density at radius 3 is 2.67 bits per heavy atom. The lowest BCUT2D eigenvalue weighted by molar-refractivity contribution is 0.135. The van der Waals surface area contributed by atoms with Crippen LogP contribution >= 0.6 is 23.8 Å². The van der Waals surface area contributed by atoms with Crippen LogP contribution in [0, 0.1) is 10.6 Å². The van der Waals surface area contributed by atoms with Crippen LogP contribution in [0.4, 0.5) is 4.39 Å². The van der Waals surface area contributed by atoms with E-state index < -0.39 is 5.82 Å². The summed E-state index contributed by atoms with van der Waals surface area (Å²) in [6.45, 7) is 0.778. The number of aromatic amines is 1. The van der Waals surface area contributed by atoms with Gasteiger partial charge in [-0.05, 0) is 45.2 Å². The summed E-state index contributed by atoms with van der Waals surface area (Å²) < 4.78 is 16.4. The first-order valence-electron chi connectivity index (χ1n) is 7.18. The molecule has 0 amide bonds. The lowest BCUT2D eigenvalue weighted by Crippen LogP contribution is -2.45. The van der Waals surface area contributed by atoms with Gasteiger partial charge in [0, 0.05) is 18.2 Å². The van der Waals surface area contributed by atoms with E-state index in [0.717, 1.165) is 30.4 Å². The average molecular weight is 328 g/mol. The fraction of sp³-hybridized carbons (Fsp3) is 0.533. The Labute approximate surface area is 133 Å². The van der Waals surface area contributed by atoms with Crippen LogP contribution in [-0.4, -0.2) is 34.1 Å². The topological polar surface area (TPSA) is 24.0 Å². The van der Waals surface area contributed by atoms with Gasteiger partial charge < -0.3 is 14.5 Å². The summed E-state index contributed by atoms with van der Waals surface area (Å²) in [5, 5.41) is 0.120. The van der Waals surface area contributed by atoms with Gasteiger partial charge in [-0.3, -0.25) is 0 Å². The predicted molar refractivity (Wildman–Crippen MR) is 87.0 cm³/mol. The van der Waals surface area contributed by atoms with Crippen LogP contribution in [0.3, 0.4) is 0 Å². The molecule has 1 aromatic heterocycles. The monoisotopic (exact) mass is 327 g/mol. The molecule has 0 atom stereocenters. The zero-order valence-electron chi connectivity index (χ0n) is 12.2. The Hall–Kier alpha value is -0.910. The first kappa shape index (κ1) is 15.0. The number of likely N-dealkylation sites (N-methyl/N-ethyl adjacent to an activating group) is 1. The Kier molecular flexibility index (Phi) is 3.84. The molecule has 114 valence electrons. The van der Waals surface area contributed by atoms with E-state index in [0.29, 0.717) is 4.77 Å². The van der Waals surface area contributed by atoms with Crippen molar-refractivity contribution < 1.29 is 4.39 Å². The molecule has 0 spiro atoms. The van der Waals surface area contributed by atoms with Gasteiger partial charge in [0.05, 0.1) is 16.1 Å². The number of halogens is 2. The van der Waals surface area contributed by atoms with Crippen LogP contribution in [0.2, 0.25) is 5.02 Å². The van der Waals surface area contributed by atoms with Gasteiger partial charge in [0.1, 0.15) is 5.82 Å². The molecule has 2 aromatic rings. The number of H-pyrrole nitrogens is 1. The van der Waals surface area contributed by atoms with Crippen molar-refractivity contribution in [2.45, 2.75) is 37.8 Å². The number of hydrogen-bond acceptors (Lipinski definition) is 2. The van der Waals surface area contributed by atoms with Crippen LogP contribution in [0.25, 0.3) is 11.0 Å². The molecule has 1 aliphatic rings. The first-order chi connectivity index (χ1) is 9.93. The molecule has 1 fully saturated rings.